The highest BCUT2D eigenvalue weighted by Crippen LogP contribution is 2.21. The minimum Gasteiger partial charge on any atom is -0.368 e. The van der Waals surface area contributed by atoms with Gasteiger partial charge in [-0.05, 0) is 51.0 Å². The van der Waals surface area contributed by atoms with Gasteiger partial charge < -0.3 is 10.1 Å². The van der Waals surface area contributed by atoms with Crippen molar-refractivity contribution in [3.8, 4) is 5.69 Å². The molecule has 3 rings (SSSR count). The van der Waals surface area contributed by atoms with Crippen molar-refractivity contribution in [1.82, 2.24) is 9.78 Å². The van der Waals surface area contributed by atoms with Crippen molar-refractivity contribution in [2.24, 2.45) is 0 Å². The molecule has 6 heteroatoms. The van der Waals surface area contributed by atoms with Crippen LogP contribution in [0.25, 0.3) is 5.69 Å². The van der Waals surface area contributed by atoms with Crippen molar-refractivity contribution in [2.75, 3.05) is 11.9 Å². The van der Waals surface area contributed by atoms with Crippen molar-refractivity contribution in [3.05, 3.63) is 41.5 Å². The van der Waals surface area contributed by atoms with Crippen LogP contribution in [0.4, 0.5) is 10.1 Å². The normalized spacial score (nSPS) is 17.7. The van der Waals surface area contributed by atoms with E-state index in [1.54, 1.807) is 16.8 Å². The summed E-state index contributed by atoms with van der Waals surface area (Å²) in [6, 6.07) is 6.47. The first-order valence-electron chi connectivity index (χ1n) is 7.30. The highest BCUT2D eigenvalue weighted by Gasteiger charge is 2.23. The molecule has 5 nitrogen and oxygen atoms in total. The van der Waals surface area contributed by atoms with Gasteiger partial charge in [0.05, 0.1) is 5.69 Å². The quantitative estimate of drug-likeness (QED) is 0.948. The molecule has 1 fully saturated rings. The molecule has 2 aromatic rings. The lowest BCUT2D eigenvalue weighted by Gasteiger charge is -2.12. The standard InChI is InChI=1S/C16H18FN3O2/c1-10-8-11(2)20(19-10)14-6-5-12(9-13(14)17)18-16(21)15-4-3-7-22-15/h5-6,8-9,15H,3-4,7H2,1-2H3,(H,18,21)/t15-/m1/s1. The van der Waals surface area contributed by atoms with Crippen LogP contribution in [0.1, 0.15) is 24.2 Å². The monoisotopic (exact) mass is 303 g/mol. The lowest BCUT2D eigenvalue weighted by Crippen LogP contribution is -2.26. The molecule has 1 N–H and O–H groups in total. The largest absolute Gasteiger partial charge is 0.368 e. The van der Waals surface area contributed by atoms with E-state index in [-0.39, 0.29) is 5.91 Å². The third-order valence-corrected chi connectivity index (χ3v) is 3.68. The van der Waals surface area contributed by atoms with Crippen molar-refractivity contribution < 1.29 is 13.9 Å². The number of nitrogens with one attached hydrogen (secondary N) is 1. The number of halogens is 1. The van der Waals surface area contributed by atoms with Crippen molar-refractivity contribution >= 4 is 11.6 Å². The summed E-state index contributed by atoms with van der Waals surface area (Å²) in [6.07, 6.45) is 1.15. The second-order valence-electron chi connectivity index (χ2n) is 5.50. The van der Waals surface area contributed by atoms with Crippen LogP contribution in [0.15, 0.2) is 24.3 Å². The maximum absolute atomic E-state index is 14.3. The Bertz CT molecular complexity index is 705. The Kier molecular flexibility index (Phi) is 3.94. The average Bonchev–Trinajstić information content (AvgIpc) is 3.09. The molecule has 0 saturated carbocycles. The highest BCUT2D eigenvalue weighted by atomic mass is 19.1. The molecule has 2 heterocycles. The number of hydrogen-bond acceptors (Lipinski definition) is 3. The van der Waals surface area contributed by atoms with E-state index in [2.05, 4.69) is 10.4 Å². The predicted molar refractivity (Wildman–Crippen MR) is 80.6 cm³/mol. The molecular weight excluding hydrogens is 285 g/mol. The molecule has 1 aromatic heterocycles. The van der Waals surface area contributed by atoms with Gasteiger partial charge >= 0.3 is 0 Å². The summed E-state index contributed by atoms with van der Waals surface area (Å²) >= 11 is 0. The van der Waals surface area contributed by atoms with E-state index in [4.69, 9.17) is 4.74 Å². The Hall–Kier alpha value is -2.21. The number of anilines is 1. The van der Waals surface area contributed by atoms with Crippen LogP contribution in [0.3, 0.4) is 0 Å². The first-order chi connectivity index (χ1) is 10.5. The number of nitrogens with zero attached hydrogens (tertiary/aromatic N) is 2. The maximum Gasteiger partial charge on any atom is 0.253 e. The number of aryl methyl sites for hydroxylation is 2. The fourth-order valence-corrected chi connectivity index (χ4v) is 2.64. The van der Waals surface area contributed by atoms with Crippen molar-refractivity contribution in [2.45, 2.75) is 32.8 Å². The summed E-state index contributed by atoms with van der Waals surface area (Å²) in [5, 5.41) is 6.95. The van der Waals surface area contributed by atoms with Gasteiger partial charge in [-0.15, -0.1) is 0 Å². The van der Waals surface area contributed by atoms with E-state index in [9.17, 15) is 9.18 Å². The molecule has 1 saturated heterocycles. The molecule has 0 bridgehead atoms. The third-order valence-electron chi connectivity index (χ3n) is 3.68. The third kappa shape index (κ3) is 2.87. The Labute approximate surface area is 128 Å². The van der Waals surface area contributed by atoms with Crippen LogP contribution in [-0.4, -0.2) is 28.4 Å². The van der Waals surface area contributed by atoms with Crippen molar-refractivity contribution in [1.29, 1.82) is 0 Å². The topological polar surface area (TPSA) is 56.2 Å². The summed E-state index contributed by atoms with van der Waals surface area (Å²) in [5.74, 6) is -0.660. The predicted octanol–water partition coefficient (Wildman–Crippen LogP) is 2.75. The van der Waals surface area contributed by atoms with Gasteiger partial charge in [0.1, 0.15) is 11.8 Å². The molecule has 1 atom stereocenters. The minimum atomic E-state index is -0.434. The SMILES string of the molecule is Cc1cc(C)n(-c2ccc(NC(=O)[C@H]3CCCO3)cc2F)n1. The zero-order chi connectivity index (χ0) is 15.7. The zero-order valence-corrected chi connectivity index (χ0v) is 12.6. The summed E-state index contributed by atoms with van der Waals surface area (Å²) in [4.78, 5) is 12.0. The molecule has 1 aliphatic heterocycles. The second-order valence-corrected chi connectivity index (χ2v) is 5.50. The minimum absolute atomic E-state index is 0.226. The number of ether oxygens (including phenoxy) is 1. The molecule has 0 spiro atoms. The Morgan fingerprint density at radius 3 is 2.82 bits per heavy atom. The van der Waals surface area contributed by atoms with E-state index in [0.717, 1.165) is 17.8 Å². The maximum atomic E-state index is 14.3. The van der Waals surface area contributed by atoms with Gasteiger partial charge in [-0.25, -0.2) is 9.07 Å². The molecule has 1 amide bonds. The number of carbonyl (C=O) groups is 1. The van der Waals surface area contributed by atoms with Gasteiger partial charge in [-0.1, -0.05) is 0 Å². The fourth-order valence-electron chi connectivity index (χ4n) is 2.64. The smallest absolute Gasteiger partial charge is 0.253 e. The molecule has 0 unspecified atom stereocenters. The average molecular weight is 303 g/mol. The number of carbonyl (C=O) groups excluding carboxylic acids is 1. The summed E-state index contributed by atoms with van der Waals surface area (Å²) in [7, 11) is 0. The summed E-state index contributed by atoms with van der Waals surface area (Å²) < 4.78 is 21.2. The van der Waals surface area contributed by atoms with Crippen LogP contribution in [-0.2, 0) is 9.53 Å². The van der Waals surface area contributed by atoms with Gasteiger partial charge in [0.15, 0.2) is 5.82 Å². The molecular formula is C16H18FN3O2. The van der Waals surface area contributed by atoms with E-state index in [1.165, 1.54) is 6.07 Å². The number of benzene rings is 1. The molecule has 22 heavy (non-hydrogen) atoms. The lowest BCUT2D eigenvalue weighted by molar-refractivity contribution is -0.124. The van der Waals surface area contributed by atoms with E-state index >= 15 is 0 Å². The number of aromatic nitrogens is 2. The van der Waals surface area contributed by atoms with Gasteiger partial charge in [-0.3, -0.25) is 4.79 Å². The van der Waals surface area contributed by atoms with Crippen molar-refractivity contribution in [3.63, 3.8) is 0 Å². The Balaban J connectivity index is 1.80. The van der Waals surface area contributed by atoms with E-state index < -0.39 is 11.9 Å². The van der Waals surface area contributed by atoms with Gasteiger partial charge in [0.25, 0.3) is 5.91 Å². The van der Waals surface area contributed by atoms with Gasteiger partial charge in [-0.2, -0.15) is 5.10 Å². The highest BCUT2D eigenvalue weighted by molar-refractivity contribution is 5.94. The van der Waals surface area contributed by atoms with Crippen LogP contribution in [0, 0.1) is 19.7 Å². The Morgan fingerprint density at radius 1 is 1.41 bits per heavy atom. The van der Waals surface area contributed by atoms with Gasteiger partial charge in [0, 0.05) is 18.0 Å². The van der Waals surface area contributed by atoms with Crippen LogP contribution in [0.5, 0.6) is 0 Å². The van der Waals surface area contributed by atoms with E-state index in [0.29, 0.717) is 24.4 Å². The Morgan fingerprint density at radius 2 is 2.23 bits per heavy atom. The number of amides is 1. The first-order valence-corrected chi connectivity index (χ1v) is 7.30. The first kappa shape index (κ1) is 14.7. The van der Waals surface area contributed by atoms with Crippen LogP contribution in [0.2, 0.25) is 0 Å². The van der Waals surface area contributed by atoms with E-state index in [1.807, 2.05) is 19.9 Å². The second kappa shape index (κ2) is 5.88. The lowest BCUT2D eigenvalue weighted by atomic mass is 10.2. The molecule has 1 aromatic carbocycles. The summed E-state index contributed by atoms with van der Waals surface area (Å²) in [6.45, 7) is 4.33. The molecule has 0 radical (unpaired) electrons. The summed E-state index contributed by atoms with van der Waals surface area (Å²) in [5.41, 5.74) is 2.46. The number of hydrogen-bond donors (Lipinski definition) is 1. The molecule has 116 valence electrons. The fraction of sp³-hybridized carbons (Fsp3) is 0.375. The van der Waals surface area contributed by atoms with Gasteiger partial charge in [0.2, 0.25) is 0 Å². The number of rotatable bonds is 3. The van der Waals surface area contributed by atoms with Crippen LogP contribution >= 0.6 is 0 Å². The molecule has 1 aliphatic rings. The van der Waals surface area contributed by atoms with Crippen LogP contribution < -0.4 is 5.32 Å². The molecule has 0 aliphatic carbocycles. The zero-order valence-electron chi connectivity index (χ0n) is 12.6.